The van der Waals surface area contributed by atoms with Gasteiger partial charge in [0.05, 0.1) is 0 Å². The number of carbonyl (C=O) groups is 2. The van der Waals surface area contributed by atoms with Crippen molar-refractivity contribution in [3.63, 3.8) is 0 Å². The molecule has 2 N–H and O–H groups in total. The number of anilines is 2. The van der Waals surface area contributed by atoms with Crippen molar-refractivity contribution in [1.29, 1.82) is 0 Å². The SMILES string of the molecule is Cc1cc(C)cc(OCC(=O)Nc2cccc(NC(=O)C(C)(C)C)c2)c1. The molecule has 0 saturated carbocycles. The monoisotopic (exact) mass is 354 g/mol. The number of carbonyl (C=O) groups excluding carboxylic acids is 2. The third-order valence-corrected chi connectivity index (χ3v) is 3.65. The van der Waals surface area contributed by atoms with Crippen LogP contribution in [0.2, 0.25) is 0 Å². The Balaban J connectivity index is 1.94. The van der Waals surface area contributed by atoms with E-state index in [1.807, 2.05) is 52.8 Å². The molecule has 0 aromatic heterocycles. The van der Waals surface area contributed by atoms with E-state index in [-0.39, 0.29) is 18.4 Å². The molecule has 138 valence electrons. The maximum atomic E-state index is 12.1. The predicted octanol–water partition coefficient (Wildman–Crippen LogP) is 4.31. The Morgan fingerprint density at radius 3 is 2.08 bits per heavy atom. The maximum absolute atomic E-state index is 12.1. The van der Waals surface area contributed by atoms with E-state index >= 15 is 0 Å². The van der Waals surface area contributed by atoms with Crippen LogP contribution in [0.5, 0.6) is 5.75 Å². The average molecular weight is 354 g/mol. The lowest BCUT2D eigenvalue weighted by Crippen LogP contribution is -2.27. The minimum Gasteiger partial charge on any atom is -0.484 e. The van der Waals surface area contributed by atoms with Crippen LogP contribution in [0.3, 0.4) is 0 Å². The van der Waals surface area contributed by atoms with Gasteiger partial charge in [0.25, 0.3) is 5.91 Å². The highest BCUT2D eigenvalue weighted by molar-refractivity contribution is 5.96. The zero-order valence-corrected chi connectivity index (χ0v) is 16.0. The molecule has 0 unspecified atom stereocenters. The van der Waals surface area contributed by atoms with Gasteiger partial charge in [0, 0.05) is 16.8 Å². The Labute approximate surface area is 154 Å². The minimum absolute atomic E-state index is 0.0819. The van der Waals surface area contributed by atoms with Gasteiger partial charge in [-0.05, 0) is 55.3 Å². The first-order chi connectivity index (χ1) is 12.1. The van der Waals surface area contributed by atoms with E-state index in [4.69, 9.17) is 4.74 Å². The van der Waals surface area contributed by atoms with Crippen molar-refractivity contribution in [2.45, 2.75) is 34.6 Å². The van der Waals surface area contributed by atoms with Crippen LogP contribution >= 0.6 is 0 Å². The number of ether oxygens (including phenoxy) is 1. The Morgan fingerprint density at radius 2 is 1.50 bits per heavy atom. The molecule has 0 fully saturated rings. The Kier molecular flexibility index (Phi) is 6.03. The Hall–Kier alpha value is -2.82. The van der Waals surface area contributed by atoms with Crippen LogP contribution in [0.1, 0.15) is 31.9 Å². The summed E-state index contributed by atoms with van der Waals surface area (Å²) in [5, 5.41) is 5.62. The fourth-order valence-corrected chi connectivity index (χ4v) is 2.36. The summed E-state index contributed by atoms with van der Waals surface area (Å²) in [5.74, 6) is 0.325. The summed E-state index contributed by atoms with van der Waals surface area (Å²) in [6.45, 7) is 9.42. The number of hydrogen-bond acceptors (Lipinski definition) is 3. The third kappa shape index (κ3) is 5.92. The first-order valence-corrected chi connectivity index (χ1v) is 8.56. The van der Waals surface area contributed by atoms with Gasteiger partial charge in [-0.15, -0.1) is 0 Å². The lowest BCUT2D eigenvalue weighted by Gasteiger charge is -2.18. The summed E-state index contributed by atoms with van der Waals surface area (Å²) in [5.41, 5.74) is 2.92. The van der Waals surface area contributed by atoms with Gasteiger partial charge in [0.15, 0.2) is 6.61 Å². The number of rotatable bonds is 5. The lowest BCUT2D eigenvalue weighted by atomic mass is 9.95. The number of benzene rings is 2. The van der Waals surface area contributed by atoms with Crippen molar-refractivity contribution in [1.82, 2.24) is 0 Å². The summed E-state index contributed by atoms with van der Waals surface area (Å²) >= 11 is 0. The van der Waals surface area contributed by atoms with E-state index in [2.05, 4.69) is 10.6 Å². The maximum Gasteiger partial charge on any atom is 0.262 e. The van der Waals surface area contributed by atoms with Crippen molar-refractivity contribution in [2.24, 2.45) is 5.41 Å². The van der Waals surface area contributed by atoms with Gasteiger partial charge in [0.1, 0.15) is 5.75 Å². The van der Waals surface area contributed by atoms with Crippen molar-refractivity contribution < 1.29 is 14.3 Å². The summed E-state index contributed by atoms with van der Waals surface area (Å²) < 4.78 is 5.56. The van der Waals surface area contributed by atoms with Crippen LogP contribution in [0.25, 0.3) is 0 Å². The number of aryl methyl sites for hydroxylation is 2. The van der Waals surface area contributed by atoms with Crippen molar-refractivity contribution in [2.75, 3.05) is 17.2 Å². The third-order valence-electron chi connectivity index (χ3n) is 3.65. The molecule has 0 atom stereocenters. The highest BCUT2D eigenvalue weighted by atomic mass is 16.5. The summed E-state index contributed by atoms with van der Waals surface area (Å²) in [6, 6.07) is 12.9. The van der Waals surface area contributed by atoms with Crippen LogP contribution in [0, 0.1) is 19.3 Å². The quantitative estimate of drug-likeness (QED) is 0.841. The summed E-state index contributed by atoms with van der Waals surface area (Å²) in [6.07, 6.45) is 0. The second kappa shape index (κ2) is 8.04. The number of amides is 2. The largest absolute Gasteiger partial charge is 0.484 e. The molecular formula is C21H26N2O3. The molecule has 2 amide bonds. The highest BCUT2D eigenvalue weighted by Crippen LogP contribution is 2.20. The fraction of sp³-hybridized carbons (Fsp3) is 0.333. The van der Waals surface area contributed by atoms with Gasteiger partial charge in [0.2, 0.25) is 5.91 Å². The summed E-state index contributed by atoms with van der Waals surface area (Å²) in [7, 11) is 0. The topological polar surface area (TPSA) is 67.4 Å². The van der Waals surface area contributed by atoms with E-state index in [9.17, 15) is 9.59 Å². The molecule has 5 nitrogen and oxygen atoms in total. The first kappa shape index (κ1) is 19.5. The van der Waals surface area contributed by atoms with E-state index in [1.54, 1.807) is 24.3 Å². The van der Waals surface area contributed by atoms with Crippen LogP contribution in [0.15, 0.2) is 42.5 Å². The zero-order chi connectivity index (χ0) is 19.3. The van der Waals surface area contributed by atoms with E-state index < -0.39 is 5.41 Å². The minimum atomic E-state index is -0.487. The normalized spacial score (nSPS) is 11.0. The molecule has 26 heavy (non-hydrogen) atoms. The predicted molar refractivity (Wildman–Crippen MR) is 105 cm³/mol. The molecule has 0 heterocycles. The molecule has 2 aromatic carbocycles. The van der Waals surface area contributed by atoms with Crippen LogP contribution < -0.4 is 15.4 Å². The fourth-order valence-electron chi connectivity index (χ4n) is 2.36. The van der Waals surface area contributed by atoms with Crippen molar-refractivity contribution in [3.05, 3.63) is 53.6 Å². The second-order valence-electron chi connectivity index (χ2n) is 7.45. The van der Waals surface area contributed by atoms with Crippen LogP contribution in [-0.2, 0) is 9.59 Å². The van der Waals surface area contributed by atoms with E-state index in [0.29, 0.717) is 17.1 Å². The Bertz CT molecular complexity index is 787. The van der Waals surface area contributed by atoms with E-state index in [0.717, 1.165) is 11.1 Å². The molecule has 0 saturated heterocycles. The van der Waals surface area contributed by atoms with Crippen LogP contribution in [-0.4, -0.2) is 18.4 Å². The van der Waals surface area contributed by atoms with Gasteiger partial charge >= 0.3 is 0 Å². The number of hydrogen-bond donors (Lipinski definition) is 2. The molecule has 0 aliphatic carbocycles. The van der Waals surface area contributed by atoms with E-state index in [1.165, 1.54) is 0 Å². The Morgan fingerprint density at radius 1 is 0.923 bits per heavy atom. The standard InChI is InChI=1S/C21H26N2O3/c1-14-9-15(2)11-18(10-14)26-13-19(24)22-16-7-6-8-17(12-16)23-20(25)21(3,4)5/h6-12H,13H2,1-5H3,(H,22,24)(H,23,25). The van der Waals surface area contributed by atoms with Gasteiger partial charge in [-0.1, -0.05) is 32.9 Å². The second-order valence-corrected chi connectivity index (χ2v) is 7.45. The zero-order valence-electron chi connectivity index (χ0n) is 16.0. The van der Waals surface area contributed by atoms with Crippen LogP contribution in [0.4, 0.5) is 11.4 Å². The molecule has 5 heteroatoms. The van der Waals surface area contributed by atoms with Gasteiger partial charge in [-0.3, -0.25) is 9.59 Å². The molecule has 0 radical (unpaired) electrons. The summed E-state index contributed by atoms with van der Waals surface area (Å²) in [4.78, 5) is 24.2. The smallest absolute Gasteiger partial charge is 0.262 e. The van der Waals surface area contributed by atoms with Crippen molar-refractivity contribution >= 4 is 23.2 Å². The molecule has 0 aliphatic heterocycles. The lowest BCUT2D eigenvalue weighted by molar-refractivity contribution is -0.123. The van der Waals surface area contributed by atoms with Gasteiger partial charge in [-0.2, -0.15) is 0 Å². The first-order valence-electron chi connectivity index (χ1n) is 8.56. The van der Waals surface area contributed by atoms with Gasteiger partial charge in [-0.25, -0.2) is 0 Å². The van der Waals surface area contributed by atoms with Crippen molar-refractivity contribution in [3.8, 4) is 5.75 Å². The molecule has 2 rings (SSSR count). The molecule has 0 bridgehead atoms. The number of nitrogens with one attached hydrogen (secondary N) is 2. The molecule has 0 spiro atoms. The highest BCUT2D eigenvalue weighted by Gasteiger charge is 2.21. The molecule has 0 aliphatic rings. The van der Waals surface area contributed by atoms with Gasteiger partial charge < -0.3 is 15.4 Å². The average Bonchev–Trinajstić information content (AvgIpc) is 2.51. The molecular weight excluding hydrogens is 328 g/mol. The molecule has 2 aromatic rings.